The quantitative estimate of drug-likeness (QED) is 0.222. The van der Waals surface area contributed by atoms with E-state index in [2.05, 4.69) is 84.9 Å². The average Bonchev–Trinajstić information content (AvgIpc) is 3.35. The molecule has 1 aliphatic heterocycles. The number of hydrogen-bond acceptors (Lipinski definition) is 2. The summed E-state index contributed by atoms with van der Waals surface area (Å²) < 4.78 is 28.5. The van der Waals surface area contributed by atoms with E-state index in [9.17, 15) is 8.42 Å². The van der Waals surface area contributed by atoms with Gasteiger partial charge in [-0.2, -0.15) is 0 Å². The molecule has 8 rings (SSSR count). The van der Waals surface area contributed by atoms with Gasteiger partial charge in [0.2, 0.25) is 9.84 Å². The highest BCUT2D eigenvalue weighted by Gasteiger charge is 2.38. The third-order valence-electron chi connectivity index (χ3n) is 8.59. The number of benzene rings is 6. The monoisotopic (exact) mass is 546 g/mol. The van der Waals surface area contributed by atoms with E-state index in [0.29, 0.717) is 16.2 Å². The maximum atomic E-state index is 14.2. The van der Waals surface area contributed by atoms with Crippen molar-refractivity contribution in [2.75, 3.05) is 0 Å². The first-order valence-electron chi connectivity index (χ1n) is 13.9. The molecular weight excluding hydrogens is 520 g/mol. The van der Waals surface area contributed by atoms with Crippen LogP contribution in [0.3, 0.4) is 0 Å². The molecule has 0 spiro atoms. The van der Waals surface area contributed by atoms with E-state index in [4.69, 9.17) is 0 Å². The molecule has 0 saturated carbocycles. The number of rotatable bonds is 3. The molecule has 6 aromatic rings. The predicted molar refractivity (Wildman–Crippen MR) is 167 cm³/mol. The second kappa shape index (κ2) is 9.15. The van der Waals surface area contributed by atoms with Gasteiger partial charge in [0.05, 0.1) is 9.79 Å². The van der Waals surface area contributed by atoms with Crippen LogP contribution in [0.25, 0.3) is 44.7 Å². The fraction of sp³-hybridized carbons (Fsp3) is 0.0526. The minimum absolute atomic E-state index is 0.00459. The van der Waals surface area contributed by atoms with Crippen molar-refractivity contribution in [3.05, 3.63) is 156 Å². The smallest absolute Gasteiger partial charge is 0.207 e. The van der Waals surface area contributed by atoms with E-state index in [1.807, 2.05) is 48.5 Å². The standard InChI is InChI=1S/C38H26O2S/c39-41(40)36-13-7-12-33-23-34(26-10-5-2-6-11-26)35(38(33)36)22-32-19-18-31(24-37(32)41)30-17-16-28-20-27(14-15-29(28)21-30)25-8-3-1-4-9-25/h1-21,23-24,35H,22H2. The first-order valence-corrected chi connectivity index (χ1v) is 15.4. The Hall–Kier alpha value is -4.73. The molecule has 2 nitrogen and oxygen atoms in total. The van der Waals surface area contributed by atoms with Crippen LogP contribution in [0.15, 0.2) is 143 Å². The Morgan fingerprint density at radius 1 is 0.512 bits per heavy atom. The lowest BCUT2D eigenvalue weighted by Gasteiger charge is -2.17. The topological polar surface area (TPSA) is 34.1 Å². The molecule has 0 radical (unpaired) electrons. The summed E-state index contributed by atoms with van der Waals surface area (Å²) in [6, 6.07) is 45.3. The molecule has 196 valence electrons. The molecule has 0 amide bonds. The molecule has 1 atom stereocenters. The predicted octanol–water partition coefficient (Wildman–Crippen LogP) is 9.20. The largest absolute Gasteiger partial charge is 0.218 e. The number of hydrogen-bond donors (Lipinski definition) is 0. The molecule has 1 unspecified atom stereocenters. The summed E-state index contributed by atoms with van der Waals surface area (Å²) >= 11 is 0. The van der Waals surface area contributed by atoms with Crippen LogP contribution in [-0.4, -0.2) is 8.42 Å². The van der Waals surface area contributed by atoms with Gasteiger partial charge in [0.1, 0.15) is 0 Å². The van der Waals surface area contributed by atoms with Crippen molar-refractivity contribution in [1.29, 1.82) is 0 Å². The van der Waals surface area contributed by atoms with Gasteiger partial charge in [0.25, 0.3) is 0 Å². The van der Waals surface area contributed by atoms with Gasteiger partial charge in [-0.3, -0.25) is 0 Å². The Labute approximate surface area is 240 Å². The van der Waals surface area contributed by atoms with E-state index in [1.54, 1.807) is 6.07 Å². The highest BCUT2D eigenvalue weighted by Crippen LogP contribution is 2.50. The zero-order valence-electron chi connectivity index (χ0n) is 22.3. The maximum absolute atomic E-state index is 14.2. The SMILES string of the molecule is O=S1(=O)c2cc(-c3ccc4cc(-c5ccccc5)ccc4c3)ccc2CC2C(c3ccccc3)=Cc3cccc1c32. The Bertz CT molecular complexity index is 2130. The van der Waals surface area contributed by atoms with Crippen molar-refractivity contribution >= 4 is 32.3 Å². The van der Waals surface area contributed by atoms with E-state index >= 15 is 0 Å². The molecule has 1 heterocycles. The van der Waals surface area contributed by atoms with Gasteiger partial charge in [-0.15, -0.1) is 0 Å². The van der Waals surface area contributed by atoms with Crippen LogP contribution in [0.1, 0.15) is 28.2 Å². The van der Waals surface area contributed by atoms with Crippen LogP contribution >= 0.6 is 0 Å². The summed E-state index contributed by atoms with van der Waals surface area (Å²) in [6.45, 7) is 0. The summed E-state index contributed by atoms with van der Waals surface area (Å²) in [5.41, 5.74) is 9.43. The van der Waals surface area contributed by atoms with Crippen molar-refractivity contribution in [3.63, 3.8) is 0 Å². The van der Waals surface area contributed by atoms with Crippen LogP contribution in [0, 0.1) is 0 Å². The molecular formula is C38H26O2S. The van der Waals surface area contributed by atoms with Gasteiger partial charge in [-0.25, -0.2) is 8.42 Å². The zero-order valence-corrected chi connectivity index (χ0v) is 23.1. The van der Waals surface area contributed by atoms with Crippen LogP contribution in [0.2, 0.25) is 0 Å². The molecule has 2 aliphatic rings. The van der Waals surface area contributed by atoms with Crippen molar-refractivity contribution in [2.24, 2.45) is 0 Å². The first-order chi connectivity index (χ1) is 20.1. The summed E-state index contributed by atoms with van der Waals surface area (Å²) in [5, 5.41) is 2.28. The maximum Gasteiger partial charge on any atom is 0.207 e. The minimum atomic E-state index is -3.70. The van der Waals surface area contributed by atoms with Crippen LogP contribution in [-0.2, 0) is 16.3 Å². The summed E-state index contributed by atoms with van der Waals surface area (Å²) in [6.07, 6.45) is 2.82. The molecule has 0 N–H and O–H groups in total. The zero-order chi connectivity index (χ0) is 27.6. The lowest BCUT2D eigenvalue weighted by Crippen LogP contribution is -2.05. The number of allylic oxidation sites excluding steroid dienone is 1. The third kappa shape index (κ3) is 3.88. The van der Waals surface area contributed by atoms with Gasteiger partial charge < -0.3 is 0 Å². The van der Waals surface area contributed by atoms with E-state index in [0.717, 1.165) is 44.2 Å². The van der Waals surface area contributed by atoms with Gasteiger partial charge in [-0.05, 0) is 91.5 Å². The van der Waals surface area contributed by atoms with Gasteiger partial charge >= 0.3 is 0 Å². The normalized spacial score (nSPS) is 16.5. The van der Waals surface area contributed by atoms with Gasteiger partial charge in [0, 0.05) is 5.92 Å². The summed E-state index contributed by atoms with van der Waals surface area (Å²) in [5.74, 6) is 0.00459. The fourth-order valence-corrected chi connectivity index (χ4v) is 8.39. The van der Waals surface area contributed by atoms with Crippen LogP contribution in [0.4, 0.5) is 0 Å². The summed E-state index contributed by atoms with van der Waals surface area (Å²) in [4.78, 5) is 0.856. The Morgan fingerprint density at radius 3 is 1.83 bits per heavy atom. The summed E-state index contributed by atoms with van der Waals surface area (Å²) in [7, 11) is -3.70. The fourth-order valence-electron chi connectivity index (χ4n) is 6.57. The van der Waals surface area contributed by atoms with Crippen molar-refractivity contribution in [3.8, 4) is 22.3 Å². The van der Waals surface area contributed by atoms with E-state index < -0.39 is 9.84 Å². The van der Waals surface area contributed by atoms with Gasteiger partial charge in [0.15, 0.2) is 0 Å². The van der Waals surface area contributed by atoms with E-state index in [-0.39, 0.29) is 5.92 Å². The average molecular weight is 547 g/mol. The van der Waals surface area contributed by atoms with Crippen molar-refractivity contribution in [2.45, 2.75) is 22.1 Å². The highest BCUT2D eigenvalue weighted by molar-refractivity contribution is 7.91. The second-order valence-electron chi connectivity index (χ2n) is 11.0. The number of sulfone groups is 1. The molecule has 3 heteroatoms. The Morgan fingerprint density at radius 2 is 1.12 bits per heavy atom. The molecule has 0 saturated heterocycles. The van der Waals surface area contributed by atoms with Crippen LogP contribution in [0.5, 0.6) is 0 Å². The van der Waals surface area contributed by atoms with Crippen LogP contribution < -0.4 is 0 Å². The molecule has 1 aliphatic carbocycles. The lowest BCUT2D eigenvalue weighted by atomic mass is 9.86. The molecule has 0 fully saturated rings. The molecule has 0 aromatic heterocycles. The number of fused-ring (bicyclic) bond motifs is 2. The lowest BCUT2D eigenvalue weighted by molar-refractivity contribution is 0.595. The molecule has 41 heavy (non-hydrogen) atoms. The second-order valence-corrected chi connectivity index (χ2v) is 12.8. The van der Waals surface area contributed by atoms with Crippen molar-refractivity contribution in [1.82, 2.24) is 0 Å². The Balaban J connectivity index is 1.22. The van der Waals surface area contributed by atoms with Gasteiger partial charge in [-0.1, -0.05) is 115 Å². The molecule has 0 bridgehead atoms. The molecule has 6 aromatic carbocycles. The highest BCUT2D eigenvalue weighted by atomic mass is 32.2. The van der Waals surface area contributed by atoms with E-state index in [1.165, 1.54) is 16.7 Å². The first kappa shape index (κ1) is 24.1. The van der Waals surface area contributed by atoms with Crippen molar-refractivity contribution < 1.29 is 8.42 Å². The third-order valence-corrected chi connectivity index (χ3v) is 10.5. The minimum Gasteiger partial charge on any atom is -0.218 e. The Kier molecular flexibility index (Phi) is 5.38.